The summed E-state index contributed by atoms with van der Waals surface area (Å²) in [5.41, 5.74) is 6.32. The quantitative estimate of drug-likeness (QED) is 0.719. The van der Waals surface area contributed by atoms with Gasteiger partial charge in [0.2, 0.25) is 0 Å². The molecule has 4 N–H and O–H groups in total. The van der Waals surface area contributed by atoms with Crippen molar-refractivity contribution in [2.75, 3.05) is 11.1 Å². The average molecular weight is 253 g/mol. The van der Waals surface area contributed by atoms with E-state index >= 15 is 0 Å². The molecule has 0 saturated carbocycles. The number of hydrogen-bond acceptors (Lipinski definition) is 4. The average Bonchev–Trinajstić information content (AvgIpc) is 2.20. The van der Waals surface area contributed by atoms with E-state index < -0.39 is 0 Å². The number of nitrogens with zero attached hydrogens (tertiary/aromatic N) is 1. The van der Waals surface area contributed by atoms with Crippen molar-refractivity contribution in [1.82, 2.24) is 9.97 Å². The number of aromatic amines is 1. The first-order chi connectivity index (χ1) is 7.65. The first kappa shape index (κ1) is 10.9. The molecule has 0 aliphatic carbocycles. The fourth-order valence-electron chi connectivity index (χ4n) is 1.25. The van der Waals surface area contributed by atoms with Crippen LogP contribution >= 0.6 is 23.8 Å². The molecule has 0 atom stereocenters. The summed E-state index contributed by atoms with van der Waals surface area (Å²) in [4.78, 5) is 6.72. The van der Waals surface area contributed by atoms with Crippen molar-refractivity contribution in [3.8, 4) is 0 Å². The first-order valence-corrected chi connectivity index (χ1v) is 5.32. The summed E-state index contributed by atoms with van der Waals surface area (Å²) in [6.07, 6.45) is 0. The minimum Gasteiger partial charge on any atom is -0.369 e. The second kappa shape index (κ2) is 4.51. The molecular weight excluding hydrogens is 244 g/mol. The van der Waals surface area contributed by atoms with E-state index in [1.165, 1.54) is 0 Å². The Labute approximate surface area is 102 Å². The van der Waals surface area contributed by atoms with Gasteiger partial charge in [-0.15, -0.1) is 0 Å². The topological polar surface area (TPSA) is 66.7 Å². The predicted octanol–water partition coefficient (Wildman–Crippen LogP) is 3.12. The van der Waals surface area contributed by atoms with Crippen LogP contribution in [0.25, 0.3) is 0 Å². The summed E-state index contributed by atoms with van der Waals surface area (Å²) in [6.45, 7) is 0. The maximum Gasteiger partial charge on any atom is 0.200 e. The van der Waals surface area contributed by atoms with Crippen molar-refractivity contribution in [1.29, 1.82) is 0 Å². The molecule has 0 radical (unpaired) electrons. The fraction of sp³-hybridized carbons (Fsp3) is 0. The van der Waals surface area contributed by atoms with Crippen LogP contribution in [-0.4, -0.2) is 9.97 Å². The Bertz CT molecular complexity index is 567. The van der Waals surface area contributed by atoms with Crippen LogP contribution in [0.15, 0.2) is 30.3 Å². The van der Waals surface area contributed by atoms with Gasteiger partial charge in [0.1, 0.15) is 10.5 Å². The second-order valence-electron chi connectivity index (χ2n) is 3.12. The van der Waals surface area contributed by atoms with Crippen molar-refractivity contribution in [3.05, 3.63) is 40.0 Å². The van der Waals surface area contributed by atoms with Gasteiger partial charge in [0, 0.05) is 6.07 Å². The molecule has 1 aromatic heterocycles. The standard InChI is InChI=1S/C10H9ClN4S/c11-6-3-1-2-4-7(6)13-8-5-9(16)15-10(12)14-8/h1-5H,(H4,12,13,14,15,16). The number of nitrogen functional groups attached to an aromatic ring is 1. The van der Waals surface area contributed by atoms with Crippen LogP contribution in [0.5, 0.6) is 0 Å². The Balaban J connectivity index is 2.34. The molecule has 1 aromatic carbocycles. The fourth-order valence-corrected chi connectivity index (χ4v) is 1.65. The Kier molecular flexibility index (Phi) is 3.07. The third-order valence-corrected chi connectivity index (χ3v) is 2.44. The summed E-state index contributed by atoms with van der Waals surface area (Å²) in [5.74, 6) is 0.924. The molecular formula is C10H9ClN4S. The molecule has 16 heavy (non-hydrogen) atoms. The molecule has 0 aliphatic heterocycles. The largest absolute Gasteiger partial charge is 0.369 e. The smallest absolute Gasteiger partial charge is 0.200 e. The van der Waals surface area contributed by atoms with E-state index in [2.05, 4.69) is 15.3 Å². The number of nitrogens with one attached hydrogen (secondary N) is 2. The SMILES string of the molecule is Nc1nc(=S)cc(Nc2ccccc2Cl)[nH]1. The van der Waals surface area contributed by atoms with Gasteiger partial charge in [-0.2, -0.15) is 0 Å². The number of H-pyrrole nitrogens is 1. The molecule has 4 nitrogen and oxygen atoms in total. The van der Waals surface area contributed by atoms with Crippen molar-refractivity contribution in [2.24, 2.45) is 0 Å². The maximum absolute atomic E-state index is 6.00. The highest BCUT2D eigenvalue weighted by molar-refractivity contribution is 7.71. The van der Waals surface area contributed by atoms with Gasteiger partial charge in [-0.1, -0.05) is 36.0 Å². The maximum atomic E-state index is 6.00. The Morgan fingerprint density at radius 3 is 2.81 bits per heavy atom. The Hall–Kier alpha value is -1.59. The van der Waals surface area contributed by atoms with Crippen LogP contribution in [0.2, 0.25) is 5.02 Å². The summed E-state index contributed by atoms with van der Waals surface area (Å²) in [5, 5.41) is 3.70. The lowest BCUT2D eigenvalue weighted by molar-refractivity contribution is 1.17. The van der Waals surface area contributed by atoms with Gasteiger partial charge in [-0.05, 0) is 12.1 Å². The van der Waals surface area contributed by atoms with Crippen LogP contribution in [-0.2, 0) is 0 Å². The van der Waals surface area contributed by atoms with Crippen LogP contribution in [0, 0.1) is 4.64 Å². The molecule has 2 aromatic rings. The molecule has 0 aliphatic rings. The van der Waals surface area contributed by atoms with Crippen molar-refractivity contribution < 1.29 is 0 Å². The van der Waals surface area contributed by atoms with Gasteiger partial charge in [-0.3, -0.25) is 0 Å². The van der Waals surface area contributed by atoms with Crippen molar-refractivity contribution >= 4 is 41.3 Å². The van der Waals surface area contributed by atoms with Crippen molar-refractivity contribution in [3.63, 3.8) is 0 Å². The highest BCUT2D eigenvalue weighted by Gasteiger charge is 2.00. The van der Waals surface area contributed by atoms with Gasteiger partial charge in [-0.25, -0.2) is 4.98 Å². The van der Waals surface area contributed by atoms with E-state index in [9.17, 15) is 0 Å². The number of para-hydroxylation sites is 1. The molecule has 0 fully saturated rings. The third-order valence-electron chi connectivity index (χ3n) is 1.90. The lowest BCUT2D eigenvalue weighted by Gasteiger charge is -2.08. The number of hydrogen-bond donors (Lipinski definition) is 3. The molecule has 0 bridgehead atoms. The summed E-state index contributed by atoms with van der Waals surface area (Å²) in [7, 11) is 0. The molecule has 2 rings (SSSR count). The van der Waals surface area contributed by atoms with E-state index in [0.717, 1.165) is 5.69 Å². The Morgan fingerprint density at radius 2 is 2.12 bits per heavy atom. The van der Waals surface area contributed by atoms with Gasteiger partial charge in [0.25, 0.3) is 0 Å². The zero-order chi connectivity index (χ0) is 11.5. The molecule has 0 amide bonds. The van der Waals surface area contributed by atoms with Crippen LogP contribution in [0.4, 0.5) is 17.5 Å². The zero-order valence-electron chi connectivity index (χ0n) is 8.20. The predicted molar refractivity (Wildman–Crippen MR) is 68.6 cm³/mol. The van der Waals surface area contributed by atoms with Gasteiger partial charge >= 0.3 is 0 Å². The number of aromatic nitrogens is 2. The third kappa shape index (κ3) is 2.50. The minimum atomic E-state index is 0.266. The molecule has 0 spiro atoms. The van der Waals surface area contributed by atoms with Crippen LogP contribution < -0.4 is 11.1 Å². The molecule has 0 unspecified atom stereocenters. The van der Waals surface area contributed by atoms with E-state index in [0.29, 0.717) is 15.5 Å². The summed E-state index contributed by atoms with van der Waals surface area (Å²) in [6, 6.07) is 9.07. The molecule has 82 valence electrons. The van der Waals surface area contributed by atoms with Crippen LogP contribution in [0.1, 0.15) is 0 Å². The normalized spacial score (nSPS) is 10.1. The van der Waals surface area contributed by atoms with Gasteiger partial charge in [0.15, 0.2) is 5.95 Å². The molecule has 1 heterocycles. The number of nitrogens with two attached hydrogens (primary N) is 1. The van der Waals surface area contributed by atoms with E-state index in [1.807, 2.05) is 18.2 Å². The summed E-state index contributed by atoms with van der Waals surface area (Å²) < 4.78 is 0.422. The highest BCUT2D eigenvalue weighted by atomic mass is 35.5. The monoisotopic (exact) mass is 252 g/mol. The summed E-state index contributed by atoms with van der Waals surface area (Å²) >= 11 is 11.0. The number of anilines is 3. The van der Waals surface area contributed by atoms with Crippen LogP contribution in [0.3, 0.4) is 0 Å². The zero-order valence-corrected chi connectivity index (χ0v) is 9.77. The van der Waals surface area contributed by atoms with E-state index in [1.54, 1.807) is 12.1 Å². The number of rotatable bonds is 2. The van der Waals surface area contributed by atoms with E-state index in [-0.39, 0.29) is 5.95 Å². The number of benzene rings is 1. The lowest BCUT2D eigenvalue weighted by Crippen LogP contribution is -2.00. The molecule has 0 saturated heterocycles. The first-order valence-electron chi connectivity index (χ1n) is 4.53. The second-order valence-corrected chi connectivity index (χ2v) is 3.95. The molecule has 6 heteroatoms. The van der Waals surface area contributed by atoms with Gasteiger partial charge < -0.3 is 16.0 Å². The van der Waals surface area contributed by atoms with Crippen molar-refractivity contribution in [2.45, 2.75) is 0 Å². The Morgan fingerprint density at radius 1 is 1.38 bits per heavy atom. The van der Waals surface area contributed by atoms with E-state index in [4.69, 9.17) is 29.6 Å². The van der Waals surface area contributed by atoms with Gasteiger partial charge in [0.05, 0.1) is 10.7 Å². The highest BCUT2D eigenvalue weighted by Crippen LogP contribution is 2.23. The lowest BCUT2D eigenvalue weighted by atomic mass is 10.3. The number of halogens is 1. The minimum absolute atomic E-state index is 0.266.